The summed E-state index contributed by atoms with van der Waals surface area (Å²) in [6.45, 7) is 1.31. The van der Waals surface area contributed by atoms with E-state index in [0.717, 1.165) is 12.8 Å². The van der Waals surface area contributed by atoms with E-state index in [1.165, 1.54) is 4.90 Å². The van der Waals surface area contributed by atoms with Crippen molar-refractivity contribution in [2.24, 2.45) is 0 Å². The number of hydrogen-bond donors (Lipinski definition) is 0. The lowest BCUT2D eigenvalue weighted by Gasteiger charge is -2.26. The van der Waals surface area contributed by atoms with Gasteiger partial charge in [0.1, 0.15) is 0 Å². The molecule has 1 aliphatic rings. The maximum absolute atomic E-state index is 11.5. The van der Waals surface area contributed by atoms with E-state index in [4.69, 9.17) is 0 Å². The van der Waals surface area contributed by atoms with Crippen LogP contribution in [0.25, 0.3) is 0 Å². The molecule has 2 amide bonds. The molecule has 73 valence electrons. The normalized spacial score (nSPS) is 16.9. The molecule has 0 N–H and O–H groups in total. The topological polar surface area (TPSA) is 40.6 Å². The fraction of sp³-hybridized carbons (Fsp3) is 0.667. The number of amides is 2. The minimum Gasteiger partial charge on any atom is -0.341 e. The third-order valence-electron chi connectivity index (χ3n) is 2.06. The molecule has 0 aromatic carbocycles. The molecule has 0 bridgehead atoms. The van der Waals surface area contributed by atoms with Crippen LogP contribution in [0.5, 0.6) is 0 Å². The molecule has 1 saturated heterocycles. The smallest absolute Gasteiger partial charge is 0.312 e. The molecule has 0 aromatic rings. The third kappa shape index (κ3) is 2.44. The summed E-state index contributed by atoms with van der Waals surface area (Å²) in [5, 5.41) is 0. The van der Waals surface area contributed by atoms with Gasteiger partial charge in [-0.2, -0.15) is 0 Å². The zero-order valence-corrected chi connectivity index (χ0v) is 8.12. The number of likely N-dealkylation sites (N-methyl/N-ethyl adjacent to an activating group) is 1. The Morgan fingerprint density at radius 3 is 2.54 bits per heavy atom. The summed E-state index contributed by atoms with van der Waals surface area (Å²) in [7, 11) is 3.18. The van der Waals surface area contributed by atoms with Crippen LogP contribution >= 0.6 is 0 Å². The highest BCUT2D eigenvalue weighted by Gasteiger charge is 2.24. The van der Waals surface area contributed by atoms with Gasteiger partial charge < -0.3 is 9.80 Å². The summed E-state index contributed by atoms with van der Waals surface area (Å²) < 4.78 is 0. The predicted octanol–water partition coefficient (Wildman–Crippen LogP) is -0.0987. The van der Waals surface area contributed by atoms with E-state index in [2.05, 4.69) is 0 Å². The van der Waals surface area contributed by atoms with Crippen LogP contribution in [0.2, 0.25) is 0 Å². The molecule has 1 aliphatic heterocycles. The van der Waals surface area contributed by atoms with Crippen LogP contribution in [0.3, 0.4) is 0 Å². The van der Waals surface area contributed by atoms with Gasteiger partial charge >= 0.3 is 11.8 Å². The highest BCUT2D eigenvalue weighted by Crippen LogP contribution is 2.08. The predicted molar refractivity (Wildman–Crippen MR) is 48.8 cm³/mol. The monoisotopic (exact) mass is 183 g/mol. The lowest BCUT2D eigenvalue weighted by atomic mass is 10.1. The molecule has 4 nitrogen and oxygen atoms in total. The van der Waals surface area contributed by atoms with Gasteiger partial charge in [-0.25, -0.2) is 0 Å². The summed E-state index contributed by atoms with van der Waals surface area (Å²) in [5.74, 6) is -0.823. The summed E-state index contributed by atoms with van der Waals surface area (Å²) in [6, 6.07) is 0. The maximum atomic E-state index is 11.5. The fourth-order valence-corrected chi connectivity index (χ4v) is 1.28. The van der Waals surface area contributed by atoms with Gasteiger partial charge in [-0.1, -0.05) is 0 Å². The summed E-state index contributed by atoms with van der Waals surface area (Å²) in [4.78, 5) is 25.6. The van der Waals surface area contributed by atoms with E-state index in [1.807, 2.05) is 6.42 Å². The first-order valence-electron chi connectivity index (χ1n) is 4.45. The van der Waals surface area contributed by atoms with Crippen molar-refractivity contribution < 1.29 is 9.59 Å². The Hall–Kier alpha value is -1.06. The van der Waals surface area contributed by atoms with Crippen LogP contribution < -0.4 is 0 Å². The lowest BCUT2D eigenvalue weighted by molar-refractivity contribution is -0.150. The van der Waals surface area contributed by atoms with Gasteiger partial charge in [-0.05, 0) is 19.3 Å². The molecule has 0 aromatic heterocycles. The largest absolute Gasteiger partial charge is 0.341 e. The van der Waals surface area contributed by atoms with Gasteiger partial charge in [0, 0.05) is 27.2 Å². The number of carbonyl (C=O) groups is 2. The van der Waals surface area contributed by atoms with Crippen molar-refractivity contribution >= 4 is 11.8 Å². The number of rotatable bonds is 0. The second kappa shape index (κ2) is 4.25. The van der Waals surface area contributed by atoms with Gasteiger partial charge in [0.15, 0.2) is 0 Å². The van der Waals surface area contributed by atoms with E-state index in [9.17, 15) is 9.59 Å². The van der Waals surface area contributed by atoms with Gasteiger partial charge in [0.2, 0.25) is 0 Å². The number of likely N-dealkylation sites (tertiary alicyclic amines) is 1. The van der Waals surface area contributed by atoms with Gasteiger partial charge in [-0.15, -0.1) is 0 Å². The van der Waals surface area contributed by atoms with Crippen LogP contribution in [0.4, 0.5) is 0 Å². The fourth-order valence-electron chi connectivity index (χ4n) is 1.28. The highest BCUT2D eigenvalue weighted by atomic mass is 16.2. The van der Waals surface area contributed by atoms with E-state index in [-0.39, 0.29) is 5.91 Å². The Kier molecular flexibility index (Phi) is 3.28. The minimum atomic E-state index is -0.435. The van der Waals surface area contributed by atoms with Crippen molar-refractivity contribution in [3.05, 3.63) is 6.42 Å². The molecule has 0 spiro atoms. The average Bonchev–Trinajstić information content (AvgIpc) is 2.17. The van der Waals surface area contributed by atoms with Crippen LogP contribution in [-0.4, -0.2) is 48.8 Å². The SMILES string of the molecule is CN(C)C(=O)C(=O)N1C[CH]CCC1. The molecular weight excluding hydrogens is 168 g/mol. The zero-order chi connectivity index (χ0) is 9.84. The van der Waals surface area contributed by atoms with Crippen LogP contribution in [0, 0.1) is 6.42 Å². The second-order valence-corrected chi connectivity index (χ2v) is 3.38. The molecule has 0 unspecified atom stereocenters. The summed E-state index contributed by atoms with van der Waals surface area (Å²) in [6.07, 6.45) is 4.04. The molecule has 0 aliphatic carbocycles. The zero-order valence-electron chi connectivity index (χ0n) is 8.12. The standard InChI is InChI=1S/C9H15N2O2/c1-10(2)8(12)9(13)11-6-4-3-5-7-11/h4H,3,5-7H2,1-2H3. The summed E-state index contributed by atoms with van der Waals surface area (Å²) >= 11 is 0. The first-order chi connectivity index (χ1) is 6.13. The quantitative estimate of drug-likeness (QED) is 0.492. The Morgan fingerprint density at radius 1 is 1.38 bits per heavy atom. The van der Waals surface area contributed by atoms with Crippen LogP contribution in [0.1, 0.15) is 12.8 Å². The molecule has 1 fully saturated rings. The number of hydrogen-bond acceptors (Lipinski definition) is 2. The van der Waals surface area contributed by atoms with E-state index in [0.29, 0.717) is 13.1 Å². The van der Waals surface area contributed by atoms with Crippen LogP contribution in [0.15, 0.2) is 0 Å². The van der Waals surface area contributed by atoms with Gasteiger partial charge in [0.05, 0.1) is 0 Å². The number of piperidine rings is 1. The lowest BCUT2D eigenvalue weighted by Crippen LogP contribution is -2.44. The molecule has 0 saturated carbocycles. The Morgan fingerprint density at radius 2 is 2.08 bits per heavy atom. The summed E-state index contributed by atoms with van der Waals surface area (Å²) in [5.41, 5.74) is 0. The second-order valence-electron chi connectivity index (χ2n) is 3.38. The van der Waals surface area contributed by atoms with Crippen LogP contribution in [-0.2, 0) is 9.59 Å². The first kappa shape index (κ1) is 10.0. The third-order valence-corrected chi connectivity index (χ3v) is 2.06. The molecule has 1 heterocycles. The van der Waals surface area contributed by atoms with Gasteiger partial charge in [0.25, 0.3) is 0 Å². The van der Waals surface area contributed by atoms with Crippen molar-refractivity contribution in [3.8, 4) is 0 Å². The number of carbonyl (C=O) groups excluding carboxylic acids is 2. The van der Waals surface area contributed by atoms with Crippen molar-refractivity contribution in [2.45, 2.75) is 12.8 Å². The van der Waals surface area contributed by atoms with Crippen molar-refractivity contribution in [3.63, 3.8) is 0 Å². The Balaban J connectivity index is 2.50. The molecule has 4 heteroatoms. The Labute approximate surface area is 78.5 Å². The molecule has 1 rings (SSSR count). The van der Waals surface area contributed by atoms with Gasteiger partial charge in [-0.3, -0.25) is 9.59 Å². The number of nitrogens with zero attached hydrogens (tertiary/aromatic N) is 2. The molecule has 0 atom stereocenters. The maximum Gasteiger partial charge on any atom is 0.312 e. The first-order valence-corrected chi connectivity index (χ1v) is 4.45. The van der Waals surface area contributed by atoms with Crippen molar-refractivity contribution in [1.82, 2.24) is 9.80 Å². The molecule has 1 radical (unpaired) electrons. The molecular formula is C9H15N2O2. The average molecular weight is 183 g/mol. The Bertz CT molecular complexity index is 208. The minimum absolute atomic E-state index is 0.388. The van der Waals surface area contributed by atoms with Crippen molar-refractivity contribution in [1.29, 1.82) is 0 Å². The van der Waals surface area contributed by atoms with Crippen molar-refractivity contribution in [2.75, 3.05) is 27.2 Å². The highest BCUT2D eigenvalue weighted by molar-refractivity contribution is 6.34. The van der Waals surface area contributed by atoms with E-state index in [1.54, 1.807) is 19.0 Å². The van der Waals surface area contributed by atoms with E-state index < -0.39 is 5.91 Å². The van der Waals surface area contributed by atoms with E-state index >= 15 is 0 Å². The molecule has 13 heavy (non-hydrogen) atoms.